The molecule has 0 aliphatic carbocycles. The molecule has 0 unspecified atom stereocenters. The number of hydrogen-bond acceptors (Lipinski definition) is 1. The van der Waals surface area contributed by atoms with Crippen LogP contribution in [0.15, 0.2) is 23.1 Å². The van der Waals surface area contributed by atoms with Gasteiger partial charge in [-0.25, -0.2) is 0 Å². The van der Waals surface area contributed by atoms with Gasteiger partial charge in [0.2, 0.25) is 0 Å². The van der Waals surface area contributed by atoms with Gasteiger partial charge in [0.1, 0.15) is 0 Å². The molecule has 0 fully saturated rings. The minimum Gasteiger partial charge on any atom is -0.143 e. The van der Waals surface area contributed by atoms with E-state index in [-0.39, 0.29) is 0 Å². The van der Waals surface area contributed by atoms with Crippen LogP contribution in [-0.4, -0.2) is 0 Å². The average molecular weight is 180 g/mol. The van der Waals surface area contributed by atoms with Crippen LogP contribution in [0.2, 0.25) is 0 Å². The summed E-state index contributed by atoms with van der Waals surface area (Å²) in [6.45, 7) is 4.33. The van der Waals surface area contributed by atoms with Gasteiger partial charge in [0, 0.05) is 4.90 Å². The number of benzene rings is 1. The zero-order chi connectivity index (χ0) is 8.97. The lowest BCUT2D eigenvalue weighted by molar-refractivity contribution is 0.793. The van der Waals surface area contributed by atoms with Gasteiger partial charge in [0.05, 0.1) is 0 Å². The van der Waals surface area contributed by atoms with Crippen molar-refractivity contribution in [2.24, 2.45) is 0 Å². The van der Waals surface area contributed by atoms with Gasteiger partial charge in [-0.3, -0.25) is 0 Å². The molecule has 1 aromatic carbocycles. The molecule has 0 aliphatic rings. The predicted molar refractivity (Wildman–Crippen MR) is 57.0 cm³/mol. The van der Waals surface area contributed by atoms with Gasteiger partial charge < -0.3 is 0 Å². The smallest absolute Gasteiger partial charge is 0.00694 e. The van der Waals surface area contributed by atoms with E-state index < -0.39 is 0 Å². The Bertz CT molecular complexity index is 253. The first-order chi connectivity index (χ1) is 5.74. The molecule has 0 atom stereocenters. The molecule has 0 bridgehead atoms. The summed E-state index contributed by atoms with van der Waals surface area (Å²) in [4.78, 5) is 1.09. The molecular weight excluding hydrogens is 164 g/mol. The minimum atomic E-state index is 1.09. The molecule has 0 saturated carbocycles. The van der Waals surface area contributed by atoms with E-state index in [4.69, 9.17) is 0 Å². The van der Waals surface area contributed by atoms with Crippen molar-refractivity contribution in [3.05, 3.63) is 29.3 Å². The lowest BCUT2D eigenvalue weighted by Crippen LogP contribution is -1.86. The molecule has 0 aromatic heterocycles. The highest BCUT2D eigenvalue weighted by Gasteiger charge is 1.95. The lowest BCUT2D eigenvalue weighted by Gasteiger charge is -2.03. The van der Waals surface area contributed by atoms with Crippen LogP contribution in [0.3, 0.4) is 0 Å². The van der Waals surface area contributed by atoms with Crippen LogP contribution in [-0.2, 0) is 6.42 Å². The second kappa shape index (κ2) is 4.56. The second-order valence-electron chi connectivity index (χ2n) is 3.22. The summed E-state index contributed by atoms with van der Waals surface area (Å²) in [5.74, 6) is 0. The summed E-state index contributed by atoms with van der Waals surface area (Å²) in [7, 11) is 0. The molecule has 0 nitrogen and oxygen atoms in total. The molecular formula is C11H16S. The van der Waals surface area contributed by atoms with Gasteiger partial charge in [-0.05, 0) is 37.0 Å². The molecule has 0 amide bonds. The van der Waals surface area contributed by atoms with Gasteiger partial charge in [0.15, 0.2) is 0 Å². The Morgan fingerprint density at radius 1 is 1.33 bits per heavy atom. The molecule has 1 aromatic rings. The molecule has 0 heterocycles. The fourth-order valence-electron chi connectivity index (χ4n) is 1.25. The van der Waals surface area contributed by atoms with Crippen molar-refractivity contribution >= 4 is 12.6 Å². The Morgan fingerprint density at radius 3 is 2.67 bits per heavy atom. The quantitative estimate of drug-likeness (QED) is 0.675. The van der Waals surface area contributed by atoms with Crippen molar-refractivity contribution in [1.29, 1.82) is 0 Å². The van der Waals surface area contributed by atoms with E-state index in [1.807, 2.05) is 0 Å². The maximum absolute atomic E-state index is 4.34. The van der Waals surface area contributed by atoms with E-state index >= 15 is 0 Å². The average Bonchev–Trinajstić information content (AvgIpc) is 2.07. The fraction of sp³-hybridized carbons (Fsp3) is 0.455. The van der Waals surface area contributed by atoms with Crippen LogP contribution in [0.4, 0.5) is 0 Å². The Kier molecular flexibility index (Phi) is 3.67. The van der Waals surface area contributed by atoms with Gasteiger partial charge in [-0.15, -0.1) is 12.6 Å². The second-order valence-corrected chi connectivity index (χ2v) is 3.71. The maximum atomic E-state index is 4.34. The Morgan fingerprint density at radius 2 is 2.08 bits per heavy atom. The van der Waals surface area contributed by atoms with Crippen molar-refractivity contribution in [3.63, 3.8) is 0 Å². The highest BCUT2D eigenvalue weighted by molar-refractivity contribution is 7.80. The first kappa shape index (κ1) is 9.66. The first-order valence-corrected chi connectivity index (χ1v) is 4.97. The molecule has 1 rings (SSSR count). The Hall–Kier alpha value is -0.430. The molecule has 0 saturated heterocycles. The highest BCUT2D eigenvalue weighted by atomic mass is 32.1. The summed E-state index contributed by atoms with van der Waals surface area (Å²) >= 11 is 4.34. The zero-order valence-electron chi connectivity index (χ0n) is 7.80. The van der Waals surface area contributed by atoms with Crippen LogP contribution < -0.4 is 0 Å². The number of thiol groups is 1. The van der Waals surface area contributed by atoms with E-state index in [1.165, 1.54) is 30.4 Å². The van der Waals surface area contributed by atoms with E-state index in [0.717, 1.165) is 4.90 Å². The third kappa shape index (κ3) is 2.56. The van der Waals surface area contributed by atoms with Crippen LogP contribution in [0.1, 0.15) is 30.9 Å². The van der Waals surface area contributed by atoms with Crippen molar-refractivity contribution < 1.29 is 0 Å². The number of unbranched alkanes of at least 4 members (excludes halogenated alkanes) is 1. The van der Waals surface area contributed by atoms with Gasteiger partial charge >= 0.3 is 0 Å². The summed E-state index contributed by atoms with van der Waals surface area (Å²) in [5.41, 5.74) is 2.72. The lowest BCUT2D eigenvalue weighted by atomic mass is 10.1. The van der Waals surface area contributed by atoms with Crippen LogP contribution in [0, 0.1) is 6.92 Å². The van der Waals surface area contributed by atoms with Crippen LogP contribution in [0.5, 0.6) is 0 Å². The number of rotatable bonds is 3. The number of aryl methyl sites for hydroxylation is 2. The molecule has 1 heteroatoms. The monoisotopic (exact) mass is 180 g/mol. The van der Waals surface area contributed by atoms with Crippen LogP contribution in [0.25, 0.3) is 0 Å². The van der Waals surface area contributed by atoms with Crippen molar-refractivity contribution in [3.8, 4) is 0 Å². The SMILES string of the molecule is CCCCc1ccc(S)c(C)c1. The van der Waals surface area contributed by atoms with Crippen LogP contribution >= 0.6 is 12.6 Å². The summed E-state index contributed by atoms with van der Waals surface area (Å²) < 4.78 is 0. The van der Waals surface area contributed by atoms with Gasteiger partial charge in [-0.1, -0.05) is 25.5 Å². The molecule has 12 heavy (non-hydrogen) atoms. The molecule has 0 N–H and O–H groups in total. The first-order valence-electron chi connectivity index (χ1n) is 4.52. The summed E-state index contributed by atoms with van der Waals surface area (Å²) in [5, 5.41) is 0. The van der Waals surface area contributed by atoms with E-state index in [9.17, 15) is 0 Å². The highest BCUT2D eigenvalue weighted by Crippen LogP contribution is 2.15. The predicted octanol–water partition coefficient (Wildman–Crippen LogP) is 3.63. The largest absolute Gasteiger partial charge is 0.143 e. The van der Waals surface area contributed by atoms with E-state index in [2.05, 4.69) is 44.7 Å². The Labute approximate surface area is 80.4 Å². The molecule has 0 aliphatic heterocycles. The van der Waals surface area contributed by atoms with Gasteiger partial charge in [0.25, 0.3) is 0 Å². The normalized spacial score (nSPS) is 10.2. The third-order valence-corrected chi connectivity index (χ3v) is 2.58. The third-order valence-electron chi connectivity index (χ3n) is 2.08. The maximum Gasteiger partial charge on any atom is 0.00694 e. The van der Waals surface area contributed by atoms with Crippen molar-refractivity contribution in [1.82, 2.24) is 0 Å². The number of hydrogen-bond donors (Lipinski definition) is 1. The van der Waals surface area contributed by atoms with Crippen molar-refractivity contribution in [2.45, 2.75) is 38.0 Å². The standard InChI is InChI=1S/C11H16S/c1-3-4-5-10-6-7-11(12)9(2)8-10/h6-8,12H,3-5H2,1-2H3. The molecule has 0 spiro atoms. The van der Waals surface area contributed by atoms with Crippen molar-refractivity contribution in [2.75, 3.05) is 0 Å². The molecule has 66 valence electrons. The zero-order valence-corrected chi connectivity index (χ0v) is 8.70. The van der Waals surface area contributed by atoms with E-state index in [0.29, 0.717) is 0 Å². The topological polar surface area (TPSA) is 0 Å². The van der Waals surface area contributed by atoms with Gasteiger partial charge in [-0.2, -0.15) is 0 Å². The minimum absolute atomic E-state index is 1.09. The fourth-order valence-corrected chi connectivity index (χ4v) is 1.39. The summed E-state index contributed by atoms with van der Waals surface area (Å²) in [6, 6.07) is 6.49. The Balaban J connectivity index is 2.69. The summed E-state index contributed by atoms with van der Waals surface area (Å²) in [6.07, 6.45) is 3.75. The van der Waals surface area contributed by atoms with E-state index in [1.54, 1.807) is 0 Å². The molecule has 0 radical (unpaired) electrons.